The summed E-state index contributed by atoms with van der Waals surface area (Å²) in [6.07, 6.45) is 3.10. The zero-order chi connectivity index (χ0) is 18.6. The summed E-state index contributed by atoms with van der Waals surface area (Å²) in [6.45, 7) is 10.9. The molecule has 5 N–H and O–H groups in total. The molecule has 0 amide bonds. The summed E-state index contributed by atoms with van der Waals surface area (Å²) < 4.78 is 0. The van der Waals surface area contributed by atoms with Crippen LogP contribution in [0.2, 0.25) is 0 Å². The molecule has 0 fully saturated rings. The van der Waals surface area contributed by atoms with Crippen LogP contribution in [0.3, 0.4) is 0 Å². The molecule has 0 heterocycles. The molecule has 0 aromatic heterocycles. The normalized spacial score (nSPS) is 7.41. The van der Waals surface area contributed by atoms with Crippen LogP contribution in [0.1, 0.15) is 19.8 Å². The van der Waals surface area contributed by atoms with Gasteiger partial charge in [0.25, 0.3) is 0 Å². The minimum atomic E-state index is -0.981. The molecule has 0 aliphatic rings. The molecule has 0 bridgehead atoms. The minimum absolute atomic E-state index is 0.176. The highest BCUT2D eigenvalue weighted by atomic mass is 16.4. The van der Waals surface area contributed by atoms with E-state index in [0.29, 0.717) is 0 Å². The fourth-order valence-corrected chi connectivity index (χ4v) is 0.224. The van der Waals surface area contributed by atoms with Crippen molar-refractivity contribution in [3.8, 4) is 0 Å². The Hall–Kier alpha value is -2.45. The Labute approximate surface area is 129 Å². The smallest absolute Gasteiger partial charge is 0.330 e. The lowest BCUT2D eigenvalue weighted by Gasteiger charge is -1.85. The van der Waals surface area contributed by atoms with E-state index in [1.165, 1.54) is 6.92 Å². The van der Waals surface area contributed by atoms with Crippen LogP contribution in [0.25, 0.3) is 0 Å². The van der Waals surface area contributed by atoms with E-state index < -0.39 is 17.9 Å². The molecule has 8 nitrogen and oxygen atoms in total. The Morgan fingerprint density at radius 3 is 1.09 bits per heavy atom. The van der Waals surface area contributed by atoms with Crippen LogP contribution in [0.15, 0.2) is 37.5 Å². The summed E-state index contributed by atoms with van der Waals surface area (Å²) in [6, 6.07) is 0. The zero-order valence-corrected chi connectivity index (χ0v) is 12.6. The molecule has 0 radical (unpaired) electrons. The number of unbranched alkanes of at least 4 members (excludes halogenated alkanes) is 1. The van der Waals surface area contributed by atoms with E-state index in [-0.39, 0.29) is 18.8 Å². The number of aliphatic hydroxyl groups excluding tert-OH is 2. The summed E-state index contributed by atoms with van der Waals surface area (Å²) in [5.74, 6) is -2.90. The highest BCUT2D eigenvalue weighted by Gasteiger charge is 1.90. The van der Waals surface area contributed by atoms with Crippen molar-refractivity contribution < 1.29 is 39.9 Å². The van der Waals surface area contributed by atoms with Crippen molar-refractivity contribution >= 4 is 17.9 Å². The van der Waals surface area contributed by atoms with E-state index in [1.54, 1.807) is 0 Å². The zero-order valence-electron chi connectivity index (χ0n) is 12.6. The second kappa shape index (κ2) is 23.6. The SMILES string of the molecule is C=C(C)C(=O)O.C=CC(=O)O.C=CC(=O)O.OCCCCO. The Bertz CT molecular complexity index is 313. The number of aliphatic carboxylic acids is 3. The predicted molar refractivity (Wildman–Crippen MR) is 81.5 cm³/mol. The van der Waals surface area contributed by atoms with Crippen molar-refractivity contribution in [1.29, 1.82) is 0 Å². The Morgan fingerprint density at radius 2 is 1.05 bits per heavy atom. The summed E-state index contributed by atoms with van der Waals surface area (Å²) in [5, 5.41) is 39.3. The quantitative estimate of drug-likeness (QED) is 0.357. The van der Waals surface area contributed by atoms with Gasteiger partial charge in [-0.1, -0.05) is 19.7 Å². The van der Waals surface area contributed by atoms with Gasteiger partial charge in [-0.05, 0) is 19.8 Å². The number of carbonyl (C=O) groups is 3. The molecule has 0 aliphatic heterocycles. The summed E-state index contributed by atoms with van der Waals surface area (Å²) in [7, 11) is 0. The van der Waals surface area contributed by atoms with Gasteiger partial charge in [0.05, 0.1) is 0 Å². The van der Waals surface area contributed by atoms with Crippen molar-refractivity contribution in [2.75, 3.05) is 13.2 Å². The van der Waals surface area contributed by atoms with Gasteiger partial charge in [0, 0.05) is 30.9 Å². The van der Waals surface area contributed by atoms with Gasteiger partial charge in [-0.25, -0.2) is 14.4 Å². The molecule has 0 atom stereocenters. The molecule has 0 saturated carbocycles. The molecular formula is C14H24O8. The average molecular weight is 320 g/mol. The van der Waals surface area contributed by atoms with Crippen molar-refractivity contribution in [3.05, 3.63) is 37.5 Å². The van der Waals surface area contributed by atoms with Gasteiger partial charge in [0.2, 0.25) is 0 Å². The van der Waals surface area contributed by atoms with Crippen LogP contribution >= 0.6 is 0 Å². The Kier molecular flexibility index (Phi) is 29.9. The number of carboxylic acids is 3. The number of rotatable bonds is 6. The second-order valence-corrected chi connectivity index (χ2v) is 3.32. The van der Waals surface area contributed by atoms with E-state index in [0.717, 1.165) is 25.0 Å². The van der Waals surface area contributed by atoms with Crippen molar-refractivity contribution in [2.45, 2.75) is 19.8 Å². The van der Waals surface area contributed by atoms with Gasteiger partial charge in [-0.3, -0.25) is 0 Å². The molecule has 22 heavy (non-hydrogen) atoms. The number of hydrogen-bond donors (Lipinski definition) is 5. The maximum atomic E-state index is 9.60. The third-order valence-electron chi connectivity index (χ3n) is 1.28. The highest BCUT2D eigenvalue weighted by molar-refractivity contribution is 5.84. The van der Waals surface area contributed by atoms with Crippen LogP contribution < -0.4 is 0 Å². The number of carboxylic acid groups (broad SMARTS) is 3. The molecule has 128 valence electrons. The summed E-state index contributed by atoms with van der Waals surface area (Å²) in [5.41, 5.74) is 0.176. The van der Waals surface area contributed by atoms with E-state index >= 15 is 0 Å². The standard InChI is InChI=1S/C4H6O2.C4H10O2.2C3H4O2/c1-3(2)4(5)6;5-3-1-2-4-6;2*1-2-3(4)5/h1H2,2H3,(H,5,6);5-6H,1-4H2;2*2H,1H2,(H,4,5). The fraction of sp³-hybridized carbons (Fsp3) is 0.357. The Morgan fingerprint density at radius 1 is 0.864 bits per heavy atom. The van der Waals surface area contributed by atoms with Crippen LogP contribution in [-0.2, 0) is 14.4 Å². The monoisotopic (exact) mass is 320 g/mol. The average Bonchev–Trinajstić information content (AvgIpc) is 2.46. The van der Waals surface area contributed by atoms with E-state index in [2.05, 4.69) is 19.7 Å². The highest BCUT2D eigenvalue weighted by Crippen LogP contribution is 1.81. The first-order chi connectivity index (χ1) is 10.1. The third kappa shape index (κ3) is 65.8. The van der Waals surface area contributed by atoms with Gasteiger partial charge < -0.3 is 25.5 Å². The molecule has 0 spiro atoms. The second-order valence-electron chi connectivity index (χ2n) is 3.32. The molecular weight excluding hydrogens is 296 g/mol. The summed E-state index contributed by atoms with van der Waals surface area (Å²) >= 11 is 0. The number of hydrogen-bond acceptors (Lipinski definition) is 5. The molecule has 0 rings (SSSR count). The van der Waals surface area contributed by atoms with Gasteiger partial charge in [-0.15, -0.1) is 0 Å². The van der Waals surface area contributed by atoms with E-state index in [1.807, 2.05) is 0 Å². The van der Waals surface area contributed by atoms with Crippen molar-refractivity contribution in [2.24, 2.45) is 0 Å². The van der Waals surface area contributed by atoms with Gasteiger partial charge >= 0.3 is 17.9 Å². The first kappa shape index (κ1) is 27.8. The van der Waals surface area contributed by atoms with Crippen LogP contribution in [0.4, 0.5) is 0 Å². The van der Waals surface area contributed by atoms with Crippen LogP contribution in [-0.4, -0.2) is 56.7 Å². The van der Waals surface area contributed by atoms with Gasteiger partial charge in [0.1, 0.15) is 0 Å². The lowest BCUT2D eigenvalue weighted by molar-refractivity contribution is -0.133. The lowest BCUT2D eigenvalue weighted by Crippen LogP contribution is -1.92. The molecule has 0 aromatic rings. The first-order valence-corrected chi connectivity index (χ1v) is 5.91. The van der Waals surface area contributed by atoms with Crippen LogP contribution in [0, 0.1) is 0 Å². The molecule has 8 heteroatoms. The van der Waals surface area contributed by atoms with Crippen molar-refractivity contribution in [1.82, 2.24) is 0 Å². The minimum Gasteiger partial charge on any atom is -0.478 e. The summed E-state index contributed by atoms with van der Waals surface area (Å²) in [4.78, 5) is 28.1. The number of aliphatic hydroxyl groups is 2. The lowest BCUT2D eigenvalue weighted by atomic mass is 10.3. The molecule has 0 saturated heterocycles. The van der Waals surface area contributed by atoms with Gasteiger partial charge in [0.15, 0.2) is 0 Å². The maximum Gasteiger partial charge on any atom is 0.330 e. The molecule has 0 aliphatic carbocycles. The topological polar surface area (TPSA) is 152 Å². The Balaban J connectivity index is -0.0000000986. The first-order valence-electron chi connectivity index (χ1n) is 5.91. The molecule has 0 aromatic carbocycles. The molecule has 0 unspecified atom stereocenters. The predicted octanol–water partition coefficient (Wildman–Crippen LogP) is 0.912. The van der Waals surface area contributed by atoms with E-state index in [9.17, 15) is 14.4 Å². The van der Waals surface area contributed by atoms with Gasteiger partial charge in [-0.2, -0.15) is 0 Å². The van der Waals surface area contributed by atoms with Crippen molar-refractivity contribution in [3.63, 3.8) is 0 Å². The third-order valence-corrected chi connectivity index (χ3v) is 1.28. The fourth-order valence-electron chi connectivity index (χ4n) is 0.224. The van der Waals surface area contributed by atoms with Crippen LogP contribution in [0.5, 0.6) is 0 Å². The maximum absolute atomic E-state index is 9.60. The van der Waals surface area contributed by atoms with E-state index in [4.69, 9.17) is 25.5 Å². The largest absolute Gasteiger partial charge is 0.478 e.